The standard InChI is InChI=1S/C14H23N/c1-4-8-12(2)14(11-15-3)13-9-6-5-7-10-13/h5-7,9-10,12,14-15H,4,8,11H2,1-3H3. The average Bonchev–Trinajstić information content (AvgIpc) is 2.27. The summed E-state index contributed by atoms with van der Waals surface area (Å²) in [4.78, 5) is 0. The van der Waals surface area contributed by atoms with E-state index in [1.54, 1.807) is 0 Å². The second-order valence-corrected chi connectivity index (χ2v) is 4.34. The van der Waals surface area contributed by atoms with Crippen LogP contribution in [0.15, 0.2) is 30.3 Å². The van der Waals surface area contributed by atoms with Gasteiger partial charge in [0.2, 0.25) is 0 Å². The van der Waals surface area contributed by atoms with Crippen molar-refractivity contribution in [2.75, 3.05) is 13.6 Å². The minimum atomic E-state index is 0.649. The lowest BCUT2D eigenvalue weighted by molar-refractivity contribution is 0.413. The smallest absolute Gasteiger partial charge is 0.00197 e. The van der Waals surface area contributed by atoms with E-state index in [9.17, 15) is 0 Å². The number of likely N-dealkylation sites (N-methyl/N-ethyl adjacent to an activating group) is 1. The number of nitrogens with one attached hydrogen (secondary N) is 1. The molecule has 0 heterocycles. The first-order valence-corrected chi connectivity index (χ1v) is 5.99. The van der Waals surface area contributed by atoms with Crippen LogP contribution in [0.5, 0.6) is 0 Å². The van der Waals surface area contributed by atoms with Crippen molar-refractivity contribution in [3.05, 3.63) is 35.9 Å². The number of hydrogen-bond donors (Lipinski definition) is 1. The van der Waals surface area contributed by atoms with E-state index >= 15 is 0 Å². The molecule has 0 amide bonds. The lowest BCUT2D eigenvalue weighted by Gasteiger charge is -2.24. The molecule has 0 fully saturated rings. The summed E-state index contributed by atoms with van der Waals surface area (Å²) in [5.74, 6) is 1.40. The minimum Gasteiger partial charge on any atom is -0.319 e. The van der Waals surface area contributed by atoms with Gasteiger partial charge in [-0.15, -0.1) is 0 Å². The highest BCUT2D eigenvalue weighted by Gasteiger charge is 2.17. The van der Waals surface area contributed by atoms with E-state index in [1.165, 1.54) is 18.4 Å². The van der Waals surface area contributed by atoms with Crippen LogP contribution in [0, 0.1) is 5.92 Å². The van der Waals surface area contributed by atoms with Crippen LogP contribution in [-0.4, -0.2) is 13.6 Å². The molecule has 1 aromatic rings. The van der Waals surface area contributed by atoms with E-state index in [2.05, 4.69) is 49.5 Å². The zero-order valence-corrected chi connectivity index (χ0v) is 10.2. The molecular formula is C14H23N. The Hall–Kier alpha value is -0.820. The zero-order valence-electron chi connectivity index (χ0n) is 10.2. The Balaban J connectivity index is 2.73. The van der Waals surface area contributed by atoms with Crippen LogP contribution in [0.1, 0.15) is 38.2 Å². The third-order valence-corrected chi connectivity index (χ3v) is 3.08. The number of rotatable bonds is 6. The Morgan fingerprint density at radius 1 is 1.20 bits per heavy atom. The maximum atomic E-state index is 3.31. The van der Waals surface area contributed by atoms with Crippen molar-refractivity contribution in [1.29, 1.82) is 0 Å². The molecule has 0 radical (unpaired) electrons. The van der Waals surface area contributed by atoms with Crippen LogP contribution in [0.25, 0.3) is 0 Å². The largest absolute Gasteiger partial charge is 0.319 e. The Morgan fingerprint density at radius 2 is 1.87 bits per heavy atom. The molecule has 0 aromatic heterocycles. The first-order valence-electron chi connectivity index (χ1n) is 5.99. The zero-order chi connectivity index (χ0) is 11.1. The average molecular weight is 205 g/mol. The van der Waals surface area contributed by atoms with Gasteiger partial charge in [0.1, 0.15) is 0 Å². The van der Waals surface area contributed by atoms with Crippen LogP contribution in [0.2, 0.25) is 0 Å². The topological polar surface area (TPSA) is 12.0 Å². The third-order valence-electron chi connectivity index (χ3n) is 3.08. The van der Waals surface area contributed by atoms with Gasteiger partial charge in [0.25, 0.3) is 0 Å². The van der Waals surface area contributed by atoms with Crippen molar-refractivity contribution >= 4 is 0 Å². The van der Waals surface area contributed by atoms with E-state index < -0.39 is 0 Å². The molecule has 1 rings (SSSR count). The maximum Gasteiger partial charge on any atom is 0.00197 e. The predicted octanol–water partition coefficient (Wildman–Crippen LogP) is 3.43. The highest BCUT2D eigenvalue weighted by molar-refractivity contribution is 5.20. The van der Waals surface area contributed by atoms with Crippen molar-refractivity contribution in [3.8, 4) is 0 Å². The van der Waals surface area contributed by atoms with Gasteiger partial charge < -0.3 is 5.32 Å². The molecule has 2 unspecified atom stereocenters. The fraction of sp³-hybridized carbons (Fsp3) is 0.571. The highest BCUT2D eigenvalue weighted by atomic mass is 14.8. The fourth-order valence-electron chi connectivity index (χ4n) is 2.22. The molecule has 0 aliphatic heterocycles. The van der Waals surface area contributed by atoms with Crippen LogP contribution < -0.4 is 5.32 Å². The maximum absolute atomic E-state index is 3.31. The molecule has 0 saturated heterocycles. The summed E-state index contributed by atoms with van der Waals surface area (Å²) in [7, 11) is 2.04. The van der Waals surface area contributed by atoms with Gasteiger partial charge in [-0.2, -0.15) is 0 Å². The van der Waals surface area contributed by atoms with E-state index in [1.807, 2.05) is 7.05 Å². The molecule has 0 spiro atoms. The molecule has 1 heteroatoms. The first kappa shape index (κ1) is 12.3. The molecular weight excluding hydrogens is 182 g/mol. The molecule has 1 N–H and O–H groups in total. The van der Waals surface area contributed by atoms with Crippen molar-refractivity contribution < 1.29 is 0 Å². The Bertz CT molecular complexity index is 255. The molecule has 0 aliphatic carbocycles. The van der Waals surface area contributed by atoms with Crippen LogP contribution in [-0.2, 0) is 0 Å². The van der Waals surface area contributed by atoms with Gasteiger partial charge in [-0.05, 0) is 24.4 Å². The van der Waals surface area contributed by atoms with Gasteiger partial charge >= 0.3 is 0 Å². The van der Waals surface area contributed by atoms with Crippen molar-refractivity contribution in [2.24, 2.45) is 5.92 Å². The Labute approximate surface area is 93.9 Å². The molecule has 1 nitrogen and oxygen atoms in total. The summed E-state index contributed by atoms with van der Waals surface area (Å²) in [6, 6.07) is 10.8. The second kappa shape index (κ2) is 6.62. The Kier molecular flexibility index (Phi) is 5.41. The van der Waals surface area contributed by atoms with E-state index in [4.69, 9.17) is 0 Å². The lowest BCUT2D eigenvalue weighted by Crippen LogP contribution is -2.22. The summed E-state index contributed by atoms with van der Waals surface area (Å²) < 4.78 is 0. The van der Waals surface area contributed by atoms with Crippen LogP contribution >= 0.6 is 0 Å². The molecule has 1 aromatic carbocycles. The molecule has 15 heavy (non-hydrogen) atoms. The van der Waals surface area contributed by atoms with Gasteiger partial charge in [0.05, 0.1) is 0 Å². The van der Waals surface area contributed by atoms with Gasteiger partial charge in [0, 0.05) is 6.54 Å². The summed E-state index contributed by atoms with van der Waals surface area (Å²) in [5.41, 5.74) is 1.47. The Morgan fingerprint density at radius 3 is 2.40 bits per heavy atom. The van der Waals surface area contributed by atoms with Gasteiger partial charge in [-0.25, -0.2) is 0 Å². The lowest BCUT2D eigenvalue weighted by atomic mass is 9.84. The second-order valence-electron chi connectivity index (χ2n) is 4.34. The first-order chi connectivity index (χ1) is 7.29. The number of benzene rings is 1. The summed E-state index contributed by atoms with van der Waals surface area (Å²) in [6.45, 7) is 5.70. The molecule has 2 atom stereocenters. The SMILES string of the molecule is CCCC(C)C(CNC)c1ccccc1. The van der Waals surface area contributed by atoms with Crippen molar-refractivity contribution in [3.63, 3.8) is 0 Å². The van der Waals surface area contributed by atoms with Crippen molar-refractivity contribution in [1.82, 2.24) is 5.32 Å². The normalized spacial score (nSPS) is 14.9. The quantitative estimate of drug-likeness (QED) is 0.750. The summed E-state index contributed by atoms with van der Waals surface area (Å²) >= 11 is 0. The molecule has 0 bridgehead atoms. The highest BCUT2D eigenvalue weighted by Crippen LogP contribution is 2.27. The van der Waals surface area contributed by atoms with Crippen molar-refractivity contribution in [2.45, 2.75) is 32.6 Å². The van der Waals surface area contributed by atoms with E-state index in [0.717, 1.165) is 12.5 Å². The van der Waals surface area contributed by atoms with Gasteiger partial charge in [-0.1, -0.05) is 57.0 Å². The minimum absolute atomic E-state index is 0.649. The monoisotopic (exact) mass is 205 g/mol. The molecule has 84 valence electrons. The molecule has 0 aliphatic rings. The van der Waals surface area contributed by atoms with Crippen LogP contribution in [0.4, 0.5) is 0 Å². The fourth-order valence-corrected chi connectivity index (χ4v) is 2.22. The van der Waals surface area contributed by atoms with Gasteiger partial charge in [0.15, 0.2) is 0 Å². The summed E-state index contributed by atoms with van der Waals surface area (Å²) in [5, 5.41) is 3.31. The van der Waals surface area contributed by atoms with Crippen LogP contribution in [0.3, 0.4) is 0 Å². The molecule has 0 saturated carbocycles. The predicted molar refractivity (Wildman–Crippen MR) is 67.2 cm³/mol. The van der Waals surface area contributed by atoms with E-state index in [0.29, 0.717) is 5.92 Å². The van der Waals surface area contributed by atoms with Gasteiger partial charge in [-0.3, -0.25) is 0 Å². The number of hydrogen-bond acceptors (Lipinski definition) is 1. The third kappa shape index (κ3) is 3.67. The van der Waals surface area contributed by atoms with E-state index in [-0.39, 0.29) is 0 Å². The summed E-state index contributed by atoms with van der Waals surface area (Å²) in [6.07, 6.45) is 2.58.